The van der Waals surface area contributed by atoms with Crippen molar-refractivity contribution in [3.8, 4) is 0 Å². The third-order valence-corrected chi connectivity index (χ3v) is 3.47. The fourth-order valence-electron chi connectivity index (χ4n) is 1.78. The number of nitrogens with zero attached hydrogens (tertiary/aromatic N) is 1. The smallest absolute Gasteiger partial charge is 0.321 e. The third kappa shape index (κ3) is 4.09. The van der Waals surface area contributed by atoms with Gasteiger partial charge in [0, 0.05) is 28.3 Å². The number of amides is 2. The van der Waals surface area contributed by atoms with Crippen molar-refractivity contribution < 1.29 is 9.18 Å². The number of benzene rings is 2. The van der Waals surface area contributed by atoms with E-state index in [-0.39, 0.29) is 23.2 Å². The molecule has 110 valence electrons. The van der Waals surface area contributed by atoms with Gasteiger partial charge in [-0.05, 0) is 30.3 Å². The topological polar surface area (TPSA) is 32.3 Å². The van der Waals surface area contributed by atoms with Crippen molar-refractivity contribution in [2.24, 2.45) is 0 Å². The van der Waals surface area contributed by atoms with Crippen molar-refractivity contribution >= 4 is 34.9 Å². The fraction of sp³-hybridized carbons (Fsp3) is 0.133. The van der Waals surface area contributed by atoms with Gasteiger partial charge in [0.2, 0.25) is 0 Å². The average Bonchev–Trinajstić information content (AvgIpc) is 2.43. The molecule has 0 radical (unpaired) electrons. The quantitative estimate of drug-likeness (QED) is 0.863. The second-order valence-electron chi connectivity index (χ2n) is 4.50. The highest BCUT2D eigenvalue weighted by Crippen LogP contribution is 2.21. The molecule has 2 aromatic carbocycles. The average molecular weight is 327 g/mol. The van der Waals surface area contributed by atoms with Crippen LogP contribution in [0.1, 0.15) is 5.56 Å². The lowest BCUT2D eigenvalue weighted by molar-refractivity contribution is 0.220. The molecule has 0 saturated heterocycles. The molecule has 3 nitrogen and oxygen atoms in total. The molecule has 2 aromatic rings. The summed E-state index contributed by atoms with van der Waals surface area (Å²) in [4.78, 5) is 13.4. The summed E-state index contributed by atoms with van der Waals surface area (Å²) in [5, 5.41) is 3.49. The summed E-state index contributed by atoms with van der Waals surface area (Å²) in [6.45, 7) is 0.0674. The zero-order valence-electron chi connectivity index (χ0n) is 11.2. The number of hydrogen-bond donors (Lipinski definition) is 1. The Morgan fingerprint density at radius 1 is 1.24 bits per heavy atom. The van der Waals surface area contributed by atoms with Gasteiger partial charge in [0.05, 0.1) is 6.54 Å². The molecule has 0 bridgehead atoms. The molecule has 6 heteroatoms. The molecule has 0 saturated carbocycles. The fourth-order valence-corrected chi connectivity index (χ4v) is 2.19. The second kappa shape index (κ2) is 6.78. The number of anilines is 1. The maximum absolute atomic E-state index is 13.7. The lowest BCUT2D eigenvalue weighted by atomic mass is 10.2. The maximum Gasteiger partial charge on any atom is 0.321 e. The maximum atomic E-state index is 13.7. The van der Waals surface area contributed by atoms with E-state index in [1.165, 1.54) is 17.0 Å². The first-order chi connectivity index (χ1) is 9.97. The van der Waals surface area contributed by atoms with Gasteiger partial charge in [-0.2, -0.15) is 0 Å². The largest absolute Gasteiger partial charge is 0.323 e. The van der Waals surface area contributed by atoms with Gasteiger partial charge < -0.3 is 10.2 Å². The highest BCUT2D eigenvalue weighted by Gasteiger charge is 2.14. The molecule has 0 fully saturated rings. The minimum Gasteiger partial charge on any atom is -0.323 e. The molecule has 0 aliphatic carbocycles. The van der Waals surface area contributed by atoms with Crippen LogP contribution in [-0.2, 0) is 6.54 Å². The Kier molecular flexibility index (Phi) is 5.04. The molecule has 0 aliphatic rings. The number of halogens is 3. The summed E-state index contributed by atoms with van der Waals surface area (Å²) >= 11 is 11.8. The van der Waals surface area contributed by atoms with E-state index in [1.54, 1.807) is 37.4 Å². The number of rotatable bonds is 3. The van der Waals surface area contributed by atoms with Crippen LogP contribution in [0, 0.1) is 5.82 Å². The summed E-state index contributed by atoms with van der Waals surface area (Å²) < 4.78 is 13.7. The van der Waals surface area contributed by atoms with E-state index < -0.39 is 5.82 Å². The molecule has 21 heavy (non-hydrogen) atoms. The van der Waals surface area contributed by atoms with Gasteiger partial charge in [0.15, 0.2) is 0 Å². The van der Waals surface area contributed by atoms with Crippen molar-refractivity contribution in [1.82, 2.24) is 4.90 Å². The first-order valence-corrected chi connectivity index (χ1v) is 6.93. The van der Waals surface area contributed by atoms with Crippen LogP contribution >= 0.6 is 23.2 Å². The summed E-state index contributed by atoms with van der Waals surface area (Å²) in [7, 11) is 1.56. The van der Waals surface area contributed by atoms with Gasteiger partial charge in [0.1, 0.15) is 5.82 Å². The predicted octanol–water partition coefficient (Wildman–Crippen LogP) is 4.80. The SMILES string of the molecule is CN(Cc1c(F)cccc1Cl)C(=O)Nc1cccc(Cl)c1. The molecule has 0 atom stereocenters. The van der Waals surface area contributed by atoms with E-state index in [0.29, 0.717) is 10.7 Å². The molecular weight excluding hydrogens is 314 g/mol. The zero-order valence-corrected chi connectivity index (χ0v) is 12.7. The van der Waals surface area contributed by atoms with Gasteiger partial charge in [-0.25, -0.2) is 9.18 Å². The van der Waals surface area contributed by atoms with Crippen molar-refractivity contribution in [2.75, 3.05) is 12.4 Å². The molecular formula is C15H13Cl2FN2O. The second-order valence-corrected chi connectivity index (χ2v) is 5.34. The van der Waals surface area contributed by atoms with E-state index in [1.807, 2.05) is 0 Å². The van der Waals surface area contributed by atoms with Crippen molar-refractivity contribution in [3.63, 3.8) is 0 Å². The first-order valence-electron chi connectivity index (χ1n) is 6.18. The van der Waals surface area contributed by atoms with Crippen LogP contribution in [0.25, 0.3) is 0 Å². The molecule has 0 aliphatic heterocycles. The normalized spacial score (nSPS) is 10.3. The Labute approximate surface area is 132 Å². The Balaban J connectivity index is 2.06. The number of carbonyl (C=O) groups is 1. The van der Waals surface area contributed by atoms with Gasteiger partial charge in [-0.3, -0.25) is 0 Å². The number of urea groups is 1. The van der Waals surface area contributed by atoms with Crippen LogP contribution in [0.2, 0.25) is 10.0 Å². The zero-order chi connectivity index (χ0) is 15.4. The predicted molar refractivity (Wildman–Crippen MR) is 83.3 cm³/mol. The third-order valence-electron chi connectivity index (χ3n) is 2.88. The van der Waals surface area contributed by atoms with Gasteiger partial charge >= 0.3 is 6.03 Å². The van der Waals surface area contributed by atoms with Crippen LogP contribution in [0.15, 0.2) is 42.5 Å². The summed E-state index contributed by atoms with van der Waals surface area (Å²) in [6, 6.07) is 10.8. The number of carbonyl (C=O) groups excluding carboxylic acids is 1. The highest BCUT2D eigenvalue weighted by molar-refractivity contribution is 6.31. The number of nitrogens with one attached hydrogen (secondary N) is 1. The minimum absolute atomic E-state index is 0.0674. The van der Waals surface area contributed by atoms with Crippen LogP contribution in [-0.4, -0.2) is 18.0 Å². The minimum atomic E-state index is -0.440. The summed E-state index contributed by atoms with van der Waals surface area (Å²) in [5.74, 6) is -0.440. The lowest BCUT2D eigenvalue weighted by Gasteiger charge is -2.19. The van der Waals surface area contributed by atoms with Gasteiger partial charge in [0.25, 0.3) is 0 Å². The summed E-state index contributed by atoms with van der Waals surface area (Å²) in [6.07, 6.45) is 0. The van der Waals surface area contributed by atoms with E-state index in [4.69, 9.17) is 23.2 Å². The van der Waals surface area contributed by atoms with Crippen LogP contribution in [0.4, 0.5) is 14.9 Å². The standard InChI is InChI=1S/C15H13Cl2FN2O/c1-20(9-12-13(17)6-3-7-14(12)18)15(21)19-11-5-2-4-10(16)8-11/h2-8H,9H2,1H3,(H,19,21). The van der Waals surface area contributed by atoms with Gasteiger partial charge in [-0.15, -0.1) is 0 Å². The number of hydrogen-bond acceptors (Lipinski definition) is 1. The van der Waals surface area contributed by atoms with E-state index in [2.05, 4.69) is 5.32 Å². The van der Waals surface area contributed by atoms with Gasteiger partial charge in [-0.1, -0.05) is 35.3 Å². The highest BCUT2D eigenvalue weighted by atomic mass is 35.5. The first kappa shape index (κ1) is 15.6. The molecule has 1 N–H and O–H groups in total. The Morgan fingerprint density at radius 3 is 2.62 bits per heavy atom. The molecule has 2 amide bonds. The van der Waals surface area contributed by atoms with Crippen molar-refractivity contribution in [3.05, 3.63) is 63.9 Å². The van der Waals surface area contributed by atoms with Crippen LogP contribution < -0.4 is 5.32 Å². The Hall–Kier alpha value is -1.78. The summed E-state index contributed by atoms with van der Waals surface area (Å²) in [5.41, 5.74) is 0.849. The monoisotopic (exact) mass is 326 g/mol. The Morgan fingerprint density at radius 2 is 1.95 bits per heavy atom. The van der Waals surface area contributed by atoms with Crippen molar-refractivity contribution in [2.45, 2.75) is 6.54 Å². The molecule has 0 aromatic heterocycles. The van der Waals surface area contributed by atoms with Crippen molar-refractivity contribution in [1.29, 1.82) is 0 Å². The molecule has 0 spiro atoms. The van der Waals surface area contributed by atoms with E-state index >= 15 is 0 Å². The molecule has 2 rings (SSSR count). The molecule has 0 heterocycles. The van der Waals surface area contributed by atoms with E-state index in [0.717, 1.165) is 0 Å². The lowest BCUT2D eigenvalue weighted by Crippen LogP contribution is -2.31. The van der Waals surface area contributed by atoms with E-state index in [9.17, 15) is 9.18 Å². The molecule has 0 unspecified atom stereocenters. The Bertz CT molecular complexity index is 644. The van der Waals surface area contributed by atoms with Crippen LogP contribution in [0.3, 0.4) is 0 Å². The van der Waals surface area contributed by atoms with Crippen LogP contribution in [0.5, 0.6) is 0 Å².